The van der Waals surface area contributed by atoms with Crippen molar-refractivity contribution >= 4 is 34.0 Å². The van der Waals surface area contributed by atoms with Gasteiger partial charge in [0, 0.05) is 54.1 Å². The summed E-state index contributed by atoms with van der Waals surface area (Å²) < 4.78 is 12.3. The third-order valence-electron chi connectivity index (χ3n) is 4.51. The highest BCUT2D eigenvalue weighted by Crippen LogP contribution is 2.23. The smallest absolute Gasteiger partial charge is 0.191 e. The number of hydrogen-bond acceptors (Lipinski definition) is 3. The first-order chi connectivity index (χ1) is 13.2. The molecule has 7 heteroatoms. The Balaban J connectivity index is 1.45. The van der Waals surface area contributed by atoms with Crippen molar-refractivity contribution in [3.05, 3.63) is 59.6 Å². The van der Waals surface area contributed by atoms with Crippen molar-refractivity contribution in [3.63, 3.8) is 0 Å². The molecule has 0 amide bonds. The van der Waals surface area contributed by atoms with Gasteiger partial charge in [0.05, 0.1) is 10.8 Å². The second kappa shape index (κ2) is 9.76. The van der Waals surface area contributed by atoms with E-state index < -0.39 is 10.8 Å². The molecule has 1 aliphatic heterocycles. The van der Waals surface area contributed by atoms with Crippen molar-refractivity contribution in [1.29, 1.82) is 0 Å². The molecule has 0 aliphatic carbocycles. The molecule has 1 fully saturated rings. The SMILES string of the molecule is CN=C(NCCS(=O)c1ccccc1)NC1CCN(c2cccc(Cl)c2)C1. The lowest BCUT2D eigenvalue weighted by molar-refractivity contribution is 0.650. The molecule has 2 aromatic carbocycles. The van der Waals surface area contributed by atoms with Crippen molar-refractivity contribution in [2.75, 3.05) is 37.3 Å². The molecule has 1 heterocycles. The summed E-state index contributed by atoms with van der Waals surface area (Å²) >= 11 is 6.10. The summed E-state index contributed by atoms with van der Waals surface area (Å²) in [7, 11) is 0.752. The van der Waals surface area contributed by atoms with Crippen LogP contribution in [0.25, 0.3) is 0 Å². The number of nitrogens with one attached hydrogen (secondary N) is 2. The number of guanidine groups is 1. The minimum atomic E-state index is -1.00. The molecule has 1 aliphatic rings. The number of benzene rings is 2. The summed E-state index contributed by atoms with van der Waals surface area (Å²) in [6.07, 6.45) is 1.03. The molecule has 3 rings (SSSR count). The van der Waals surface area contributed by atoms with E-state index in [4.69, 9.17) is 11.6 Å². The summed E-state index contributed by atoms with van der Waals surface area (Å²) in [5.74, 6) is 1.29. The van der Waals surface area contributed by atoms with Gasteiger partial charge in [-0.15, -0.1) is 0 Å². The second-order valence-electron chi connectivity index (χ2n) is 6.42. The second-order valence-corrected chi connectivity index (χ2v) is 8.42. The van der Waals surface area contributed by atoms with Crippen LogP contribution in [0.5, 0.6) is 0 Å². The third kappa shape index (κ3) is 5.71. The minimum absolute atomic E-state index is 0.315. The Morgan fingerprint density at radius 2 is 2.07 bits per heavy atom. The molecule has 0 saturated carbocycles. The molecule has 5 nitrogen and oxygen atoms in total. The number of halogens is 1. The molecular weight excluding hydrogens is 380 g/mol. The number of hydrogen-bond donors (Lipinski definition) is 2. The topological polar surface area (TPSA) is 56.7 Å². The monoisotopic (exact) mass is 404 g/mol. The van der Waals surface area contributed by atoms with Crippen molar-refractivity contribution in [2.45, 2.75) is 17.4 Å². The van der Waals surface area contributed by atoms with E-state index in [1.54, 1.807) is 7.05 Å². The van der Waals surface area contributed by atoms with Gasteiger partial charge in [-0.1, -0.05) is 35.9 Å². The van der Waals surface area contributed by atoms with E-state index in [0.29, 0.717) is 18.3 Å². The van der Waals surface area contributed by atoms with E-state index in [0.717, 1.165) is 41.1 Å². The van der Waals surface area contributed by atoms with Crippen LogP contribution in [-0.4, -0.2) is 48.6 Å². The molecule has 2 atom stereocenters. The highest BCUT2D eigenvalue weighted by Gasteiger charge is 2.23. The zero-order chi connectivity index (χ0) is 19.1. The third-order valence-corrected chi connectivity index (χ3v) is 6.12. The van der Waals surface area contributed by atoms with E-state index in [-0.39, 0.29) is 0 Å². The maximum Gasteiger partial charge on any atom is 0.191 e. The van der Waals surface area contributed by atoms with Crippen molar-refractivity contribution in [1.82, 2.24) is 10.6 Å². The number of aliphatic imine (C=N–C) groups is 1. The Morgan fingerprint density at radius 1 is 1.26 bits per heavy atom. The van der Waals surface area contributed by atoms with Crippen LogP contribution in [0.15, 0.2) is 64.5 Å². The maximum absolute atomic E-state index is 12.3. The fourth-order valence-corrected chi connectivity index (χ4v) is 4.29. The summed E-state index contributed by atoms with van der Waals surface area (Å²) in [5.41, 5.74) is 1.15. The predicted molar refractivity (Wildman–Crippen MR) is 114 cm³/mol. The highest BCUT2D eigenvalue weighted by atomic mass is 35.5. The predicted octanol–water partition coefficient (Wildman–Crippen LogP) is 2.89. The molecule has 27 heavy (non-hydrogen) atoms. The molecule has 2 N–H and O–H groups in total. The molecule has 0 aromatic heterocycles. The first kappa shape index (κ1) is 19.7. The average Bonchev–Trinajstić information content (AvgIpc) is 3.16. The minimum Gasteiger partial charge on any atom is -0.369 e. The zero-order valence-electron chi connectivity index (χ0n) is 15.4. The van der Waals surface area contributed by atoms with Crippen molar-refractivity contribution in [2.24, 2.45) is 4.99 Å². The van der Waals surface area contributed by atoms with Crippen LogP contribution in [0.2, 0.25) is 5.02 Å². The first-order valence-electron chi connectivity index (χ1n) is 9.07. The Kier molecular flexibility index (Phi) is 7.12. The largest absolute Gasteiger partial charge is 0.369 e. The van der Waals surface area contributed by atoms with Gasteiger partial charge in [0.2, 0.25) is 0 Å². The Morgan fingerprint density at radius 3 is 2.81 bits per heavy atom. The average molecular weight is 405 g/mol. The van der Waals surface area contributed by atoms with E-state index in [9.17, 15) is 4.21 Å². The van der Waals surface area contributed by atoms with Gasteiger partial charge in [-0.05, 0) is 36.8 Å². The number of nitrogens with zero attached hydrogens (tertiary/aromatic N) is 2. The van der Waals surface area contributed by atoms with E-state index >= 15 is 0 Å². The molecular formula is C20H25ClN4OS. The first-order valence-corrected chi connectivity index (χ1v) is 10.8. The van der Waals surface area contributed by atoms with E-state index in [2.05, 4.69) is 26.6 Å². The lowest BCUT2D eigenvalue weighted by atomic mass is 10.3. The van der Waals surface area contributed by atoms with E-state index in [1.165, 1.54) is 0 Å². The molecule has 0 spiro atoms. The van der Waals surface area contributed by atoms with Gasteiger partial charge in [0.25, 0.3) is 0 Å². The van der Waals surface area contributed by atoms with Crippen LogP contribution >= 0.6 is 11.6 Å². The Hall–Kier alpha value is -2.05. The van der Waals surface area contributed by atoms with Crippen LogP contribution in [-0.2, 0) is 10.8 Å². The normalized spacial score (nSPS) is 18.4. The Bertz CT molecular complexity index is 800. The van der Waals surface area contributed by atoms with Crippen molar-refractivity contribution in [3.8, 4) is 0 Å². The molecule has 1 saturated heterocycles. The van der Waals surface area contributed by atoms with Gasteiger partial charge in [0.1, 0.15) is 0 Å². The summed E-state index contributed by atoms with van der Waals surface area (Å²) in [5, 5.41) is 7.48. The van der Waals surface area contributed by atoms with Gasteiger partial charge in [-0.2, -0.15) is 0 Å². The fourth-order valence-electron chi connectivity index (χ4n) is 3.13. The standard InChI is InChI=1S/C20H25ClN4OS/c1-22-20(23-11-13-27(26)19-8-3-2-4-9-19)24-17-10-12-25(15-17)18-7-5-6-16(21)14-18/h2-9,14,17H,10-13,15H2,1H3,(H2,22,23,24). The lowest BCUT2D eigenvalue weighted by Crippen LogP contribution is -2.45. The molecule has 144 valence electrons. The van der Waals surface area contributed by atoms with Crippen LogP contribution in [0.4, 0.5) is 5.69 Å². The zero-order valence-corrected chi connectivity index (χ0v) is 17.0. The molecule has 2 unspecified atom stereocenters. The number of anilines is 1. The van der Waals surface area contributed by atoms with Crippen LogP contribution in [0.1, 0.15) is 6.42 Å². The molecule has 0 bridgehead atoms. The van der Waals surface area contributed by atoms with Crippen LogP contribution in [0, 0.1) is 0 Å². The maximum atomic E-state index is 12.3. The van der Waals surface area contributed by atoms with Crippen molar-refractivity contribution < 1.29 is 4.21 Å². The van der Waals surface area contributed by atoms with Crippen LogP contribution < -0.4 is 15.5 Å². The fraction of sp³-hybridized carbons (Fsp3) is 0.350. The summed E-state index contributed by atoms with van der Waals surface area (Å²) in [6.45, 7) is 2.48. The van der Waals surface area contributed by atoms with Gasteiger partial charge in [-0.25, -0.2) is 0 Å². The van der Waals surface area contributed by atoms with Gasteiger partial charge < -0.3 is 15.5 Å². The van der Waals surface area contributed by atoms with E-state index in [1.807, 2.05) is 48.5 Å². The Labute approximate surface area is 168 Å². The quantitative estimate of drug-likeness (QED) is 0.574. The highest BCUT2D eigenvalue weighted by molar-refractivity contribution is 7.85. The van der Waals surface area contributed by atoms with Gasteiger partial charge in [-0.3, -0.25) is 9.20 Å². The molecule has 2 aromatic rings. The van der Waals surface area contributed by atoms with Gasteiger partial charge >= 0.3 is 0 Å². The number of rotatable bonds is 6. The summed E-state index contributed by atoms with van der Waals surface area (Å²) in [4.78, 5) is 7.47. The molecule has 0 radical (unpaired) electrons. The van der Waals surface area contributed by atoms with Crippen LogP contribution in [0.3, 0.4) is 0 Å². The van der Waals surface area contributed by atoms with Gasteiger partial charge in [0.15, 0.2) is 5.96 Å². The lowest BCUT2D eigenvalue weighted by Gasteiger charge is -2.20. The summed E-state index contributed by atoms with van der Waals surface area (Å²) in [6, 6.07) is 17.8.